The molecule has 2 rings (SSSR count). The molecule has 1 fully saturated rings. The van der Waals surface area contributed by atoms with Crippen LogP contribution in [-0.2, 0) is 0 Å². The molecule has 1 aromatic carbocycles. The molecule has 2 nitrogen and oxygen atoms in total. The van der Waals surface area contributed by atoms with Gasteiger partial charge in [-0.3, -0.25) is 0 Å². The maximum absolute atomic E-state index is 13.3. The first-order valence-corrected chi connectivity index (χ1v) is 6.79. The SMILES string of the molecule is COc1ccc(F)cc1C(N)CC1CCCCC1. The van der Waals surface area contributed by atoms with Gasteiger partial charge in [-0.25, -0.2) is 4.39 Å². The van der Waals surface area contributed by atoms with Crippen molar-refractivity contribution in [1.29, 1.82) is 0 Å². The van der Waals surface area contributed by atoms with E-state index in [2.05, 4.69) is 0 Å². The van der Waals surface area contributed by atoms with Crippen LogP contribution in [0, 0.1) is 11.7 Å². The topological polar surface area (TPSA) is 35.2 Å². The number of nitrogens with two attached hydrogens (primary N) is 1. The van der Waals surface area contributed by atoms with Crippen molar-refractivity contribution in [2.24, 2.45) is 11.7 Å². The first-order chi connectivity index (χ1) is 8.70. The molecule has 3 heteroatoms. The molecule has 1 aliphatic rings. The van der Waals surface area contributed by atoms with Gasteiger partial charge in [-0.15, -0.1) is 0 Å². The highest BCUT2D eigenvalue weighted by atomic mass is 19.1. The van der Waals surface area contributed by atoms with Crippen molar-refractivity contribution in [3.8, 4) is 5.75 Å². The standard InChI is InChI=1S/C15H22FNO/c1-18-15-8-7-12(16)10-13(15)14(17)9-11-5-3-2-4-6-11/h7-8,10-11,14H,2-6,9,17H2,1H3. The summed E-state index contributed by atoms with van der Waals surface area (Å²) in [5.74, 6) is 1.13. The summed E-state index contributed by atoms with van der Waals surface area (Å²) in [6.07, 6.45) is 7.39. The maximum Gasteiger partial charge on any atom is 0.123 e. The van der Waals surface area contributed by atoms with Crippen LogP contribution in [0.25, 0.3) is 0 Å². The molecule has 100 valence electrons. The Morgan fingerprint density at radius 1 is 1.33 bits per heavy atom. The fourth-order valence-electron chi connectivity index (χ4n) is 2.90. The second-order valence-corrected chi connectivity index (χ2v) is 5.23. The van der Waals surface area contributed by atoms with E-state index in [0.717, 1.165) is 12.0 Å². The minimum atomic E-state index is -0.245. The predicted molar refractivity (Wildman–Crippen MR) is 71.1 cm³/mol. The lowest BCUT2D eigenvalue weighted by Crippen LogP contribution is -2.18. The van der Waals surface area contributed by atoms with Gasteiger partial charge in [-0.2, -0.15) is 0 Å². The van der Waals surface area contributed by atoms with Crippen molar-refractivity contribution >= 4 is 0 Å². The van der Waals surface area contributed by atoms with Crippen molar-refractivity contribution in [1.82, 2.24) is 0 Å². The Balaban J connectivity index is 2.07. The van der Waals surface area contributed by atoms with Gasteiger partial charge in [0.15, 0.2) is 0 Å². The molecule has 0 aliphatic heterocycles. The lowest BCUT2D eigenvalue weighted by Gasteiger charge is -2.25. The molecule has 2 N–H and O–H groups in total. The van der Waals surface area contributed by atoms with E-state index in [4.69, 9.17) is 10.5 Å². The minimum Gasteiger partial charge on any atom is -0.496 e. The molecule has 1 aromatic rings. The molecule has 1 atom stereocenters. The van der Waals surface area contributed by atoms with Crippen LogP contribution in [0.5, 0.6) is 5.75 Å². The lowest BCUT2D eigenvalue weighted by molar-refractivity contribution is 0.315. The Morgan fingerprint density at radius 2 is 2.06 bits per heavy atom. The fourth-order valence-corrected chi connectivity index (χ4v) is 2.90. The molecule has 1 saturated carbocycles. The van der Waals surface area contributed by atoms with E-state index < -0.39 is 0 Å². The molecule has 1 aliphatic carbocycles. The third-order valence-corrected chi connectivity index (χ3v) is 3.90. The van der Waals surface area contributed by atoms with E-state index in [1.807, 2.05) is 0 Å². The first kappa shape index (κ1) is 13.3. The second-order valence-electron chi connectivity index (χ2n) is 5.23. The summed E-state index contributed by atoms with van der Waals surface area (Å²) >= 11 is 0. The van der Waals surface area contributed by atoms with Crippen LogP contribution >= 0.6 is 0 Å². The van der Waals surface area contributed by atoms with E-state index in [1.165, 1.54) is 44.2 Å². The van der Waals surface area contributed by atoms with Crippen LogP contribution in [-0.4, -0.2) is 7.11 Å². The normalized spacial score (nSPS) is 18.6. The second kappa shape index (κ2) is 6.19. The van der Waals surface area contributed by atoms with E-state index in [0.29, 0.717) is 11.7 Å². The maximum atomic E-state index is 13.3. The van der Waals surface area contributed by atoms with Crippen LogP contribution in [0.15, 0.2) is 18.2 Å². The average molecular weight is 251 g/mol. The van der Waals surface area contributed by atoms with Gasteiger partial charge in [0.2, 0.25) is 0 Å². The highest BCUT2D eigenvalue weighted by molar-refractivity contribution is 5.36. The lowest BCUT2D eigenvalue weighted by atomic mass is 9.83. The summed E-state index contributed by atoms with van der Waals surface area (Å²) < 4.78 is 18.6. The van der Waals surface area contributed by atoms with Crippen LogP contribution in [0.3, 0.4) is 0 Å². The van der Waals surface area contributed by atoms with Crippen molar-refractivity contribution in [2.45, 2.75) is 44.6 Å². The van der Waals surface area contributed by atoms with Crippen LogP contribution in [0.4, 0.5) is 4.39 Å². The number of halogens is 1. The van der Waals surface area contributed by atoms with Crippen LogP contribution in [0.2, 0.25) is 0 Å². The van der Waals surface area contributed by atoms with Gasteiger partial charge < -0.3 is 10.5 Å². The number of methoxy groups -OCH3 is 1. The number of rotatable bonds is 4. The van der Waals surface area contributed by atoms with E-state index in [1.54, 1.807) is 13.2 Å². The number of ether oxygens (including phenoxy) is 1. The van der Waals surface area contributed by atoms with Crippen LogP contribution in [0.1, 0.15) is 50.1 Å². The highest BCUT2D eigenvalue weighted by Gasteiger charge is 2.20. The monoisotopic (exact) mass is 251 g/mol. The smallest absolute Gasteiger partial charge is 0.123 e. The van der Waals surface area contributed by atoms with Gasteiger partial charge in [0.1, 0.15) is 11.6 Å². The Bertz CT molecular complexity index is 388. The predicted octanol–water partition coefficient (Wildman–Crippen LogP) is 3.80. The van der Waals surface area contributed by atoms with Crippen LogP contribution < -0.4 is 10.5 Å². The molecule has 0 bridgehead atoms. The van der Waals surface area contributed by atoms with Gasteiger partial charge in [0.25, 0.3) is 0 Å². The molecule has 0 radical (unpaired) electrons. The Morgan fingerprint density at radius 3 is 2.72 bits per heavy atom. The summed E-state index contributed by atoms with van der Waals surface area (Å²) in [6, 6.07) is 4.45. The third-order valence-electron chi connectivity index (χ3n) is 3.90. The molecule has 0 aromatic heterocycles. The molecule has 0 saturated heterocycles. The largest absolute Gasteiger partial charge is 0.496 e. The van der Waals surface area contributed by atoms with Crippen molar-refractivity contribution in [2.75, 3.05) is 7.11 Å². The quantitative estimate of drug-likeness (QED) is 0.883. The molecule has 0 amide bonds. The van der Waals surface area contributed by atoms with Crippen molar-refractivity contribution < 1.29 is 9.13 Å². The number of hydrogen-bond donors (Lipinski definition) is 1. The summed E-state index contributed by atoms with van der Waals surface area (Å²) in [6.45, 7) is 0. The third kappa shape index (κ3) is 3.22. The molecular formula is C15H22FNO. The molecule has 0 spiro atoms. The van der Waals surface area contributed by atoms with Crippen molar-refractivity contribution in [3.63, 3.8) is 0 Å². The van der Waals surface area contributed by atoms with Gasteiger partial charge in [-0.05, 0) is 30.5 Å². The first-order valence-electron chi connectivity index (χ1n) is 6.79. The van der Waals surface area contributed by atoms with Gasteiger partial charge in [0, 0.05) is 11.6 Å². The Kier molecular flexibility index (Phi) is 4.59. The van der Waals surface area contributed by atoms with Gasteiger partial charge >= 0.3 is 0 Å². The minimum absolute atomic E-state index is 0.126. The van der Waals surface area contributed by atoms with E-state index in [-0.39, 0.29) is 11.9 Å². The molecular weight excluding hydrogens is 229 g/mol. The molecule has 0 heterocycles. The zero-order valence-electron chi connectivity index (χ0n) is 11.0. The van der Waals surface area contributed by atoms with Crippen molar-refractivity contribution in [3.05, 3.63) is 29.6 Å². The summed E-state index contributed by atoms with van der Waals surface area (Å²) in [4.78, 5) is 0. The van der Waals surface area contributed by atoms with Gasteiger partial charge in [0.05, 0.1) is 7.11 Å². The summed E-state index contributed by atoms with van der Waals surface area (Å²) in [7, 11) is 1.60. The summed E-state index contributed by atoms with van der Waals surface area (Å²) in [5.41, 5.74) is 7.02. The molecule has 1 unspecified atom stereocenters. The number of benzene rings is 1. The number of hydrogen-bond acceptors (Lipinski definition) is 2. The van der Waals surface area contributed by atoms with E-state index in [9.17, 15) is 4.39 Å². The Hall–Kier alpha value is -1.09. The average Bonchev–Trinajstić information content (AvgIpc) is 2.40. The highest BCUT2D eigenvalue weighted by Crippen LogP contribution is 2.34. The summed E-state index contributed by atoms with van der Waals surface area (Å²) in [5, 5.41) is 0. The fraction of sp³-hybridized carbons (Fsp3) is 0.600. The van der Waals surface area contributed by atoms with Gasteiger partial charge in [-0.1, -0.05) is 32.1 Å². The zero-order valence-corrected chi connectivity index (χ0v) is 11.0. The zero-order chi connectivity index (χ0) is 13.0. The molecule has 18 heavy (non-hydrogen) atoms. The Labute approximate surface area is 108 Å². The van der Waals surface area contributed by atoms with E-state index >= 15 is 0 Å².